The van der Waals surface area contributed by atoms with Crippen LogP contribution >= 0.6 is 0 Å². The number of hydrogen-bond acceptors (Lipinski definition) is 2. The molecule has 1 heterocycles. The van der Waals surface area contributed by atoms with E-state index in [1.165, 1.54) is 36.8 Å². The molecule has 1 fully saturated rings. The van der Waals surface area contributed by atoms with E-state index in [1.807, 2.05) is 0 Å². The second-order valence-corrected chi connectivity index (χ2v) is 7.26. The van der Waals surface area contributed by atoms with Crippen LogP contribution in [-0.2, 0) is 13.0 Å². The van der Waals surface area contributed by atoms with E-state index >= 15 is 0 Å². The Kier molecular flexibility index (Phi) is 4.02. The van der Waals surface area contributed by atoms with Crippen molar-refractivity contribution in [3.63, 3.8) is 0 Å². The van der Waals surface area contributed by atoms with Gasteiger partial charge in [0.05, 0.1) is 6.61 Å². The summed E-state index contributed by atoms with van der Waals surface area (Å²) in [5, 5.41) is 3.45. The maximum atomic E-state index is 6.20. The van der Waals surface area contributed by atoms with Gasteiger partial charge in [0.15, 0.2) is 0 Å². The third kappa shape index (κ3) is 3.17. The zero-order chi connectivity index (χ0) is 14.0. The Balaban J connectivity index is 1.64. The molecule has 1 saturated carbocycles. The Morgan fingerprint density at radius 3 is 3.10 bits per heavy atom. The van der Waals surface area contributed by atoms with Gasteiger partial charge < -0.3 is 10.1 Å². The van der Waals surface area contributed by atoms with E-state index in [0.717, 1.165) is 37.8 Å². The van der Waals surface area contributed by atoms with Crippen molar-refractivity contribution in [2.45, 2.75) is 52.5 Å². The molecule has 2 nitrogen and oxygen atoms in total. The van der Waals surface area contributed by atoms with Crippen LogP contribution < -0.4 is 10.1 Å². The van der Waals surface area contributed by atoms with Crippen molar-refractivity contribution in [1.82, 2.24) is 5.32 Å². The van der Waals surface area contributed by atoms with Gasteiger partial charge in [-0.1, -0.05) is 32.4 Å². The molecular formula is C18H27NO. The predicted octanol–water partition coefficient (Wildman–Crippen LogP) is 3.93. The monoisotopic (exact) mass is 273 g/mol. The van der Waals surface area contributed by atoms with Gasteiger partial charge >= 0.3 is 0 Å². The first-order chi connectivity index (χ1) is 9.64. The Morgan fingerprint density at radius 1 is 1.35 bits per heavy atom. The summed E-state index contributed by atoms with van der Waals surface area (Å²) in [6.45, 7) is 7.73. The van der Waals surface area contributed by atoms with Crippen molar-refractivity contribution < 1.29 is 4.74 Å². The molecule has 0 radical (unpaired) electrons. The molecule has 1 N–H and O–H groups in total. The molecular weight excluding hydrogens is 246 g/mol. The lowest BCUT2D eigenvalue weighted by Gasteiger charge is -2.35. The van der Waals surface area contributed by atoms with E-state index in [0.29, 0.717) is 5.41 Å². The largest absolute Gasteiger partial charge is 0.493 e. The fraction of sp³-hybridized carbons (Fsp3) is 0.667. The summed E-state index contributed by atoms with van der Waals surface area (Å²) in [5.74, 6) is 1.84. The Bertz CT molecular complexity index is 466. The third-order valence-electron chi connectivity index (χ3n) is 4.88. The standard InChI is InChI=1S/C18H27NO/c1-18(2)9-4-5-14(11-18)13-20-17-7-3-6-15-8-10-19-12-16(15)17/h3,6-7,14,19H,4-5,8-13H2,1-2H3. The minimum absolute atomic E-state index is 0.504. The number of benzene rings is 1. The molecule has 0 saturated heterocycles. The molecule has 3 rings (SSSR count). The summed E-state index contributed by atoms with van der Waals surface area (Å²) < 4.78 is 6.20. The maximum absolute atomic E-state index is 6.20. The van der Waals surface area contributed by atoms with Gasteiger partial charge in [-0.25, -0.2) is 0 Å². The van der Waals surface area contributed by atoms with Gasteiger partial charge in [0.25, 0.3) is 0 Å². The molecule has 110 valence electrons. The highest BCUT2D eigenvalue weighted by atomic mass is 16.5. The summed E-state index contributed by atoms with van der Waals surface area (Å²) in [6.07, 6.45) is 6.49. The van der Waals surface area contributed by atoms with Crippen LogP contribution in [0.4, 0.5) is 0 Å². The van der Waals surface area contributed by atoms with Gasteiger partial charge in [-0.2, -0.15) is 0 Å². The highest BCUT2D eigenvalue weighted by Gasteiger charge is 2.28. The molecule has 1 atom stereocenters. The molecule has 2 heteroatoms. The molecule has 1 aromatic carbocycles. The molecule has 1 unspecified atom stereocenters. The lowest BCUT2D eigenvalue weighted by Crippen LogP contribution is -2.27. The van der Waals surface area contributed by atoms with Crippen molar-refractivity contribution in [1.29, 1.82) is 0 Å². The second-order valence-electron chi connectivity index (χ2n) is 7.26. The quantitative estimate of drug-likeness (QED) is 0.901. The van der Waals surface area contributed by atoms with E-state index in [2.05, 4.69) is 37.4 Å². The average molecular weight is 273 g/mol. The number of ether oxygens (including phenoxy) is 1. The van der Waals surface area contributed by atoms with Crippen LogP contribution in [0.15, 0.2) is 18.2 Å². The summed E-state index contributed by atoms with van der Waals surface area (Å²) >= 11 is 0. The van der Waals surface area contributed by atoms with E-state index in [9.17, 15) is 0 Å². The minimum Gasteiger partial charge on any atom is -0.493 e. The van der Waals surface area contributed by atoms with Crippen LogP contribution in [0.3, 0.4) is 0 Å². The summed E-state index contributed by atoms with van der Waals surface area (Å²) in [5.41, 5.74) is 3.35. The van der Waals surface area contributed by atoms with Crippen LogP contribution in [0.1, 0.15) is 50.7 Å². The van der Waals surface area contributed by atoms with E-state index < -0.39 is 0 Å². The first kappa shape index (κ1) is 13.9. The zero-order valence-electron chi connectivity index (χ0n) is 12.9. The van der Waals surface area contributed by atoms with Gasteiger partial charge in [-0.05, 0) is 55.2 Å². The number of hydrogen-bond donors (Lipinski definition) is 1. The normalized spacial score (nSPS) is 25.0. The zero-order valence-corrected chi connectivity index (χ0v) is 12.9. The van der Waals surface area contributed by atoms with E-state index in [4.69, 9.17) is 4.74 Å². The van der Waals surface area contributed by atoms with Gasteiger partial charge in [-0.3, -0.25) is 0 Å². The summed E-state index contributed by atoms with van der Waals surface area (Å²) in [7, 11) is 0. The first-order valence-electron chi connectivity index (χ1n) is 8.08. The third-order valence-corrected chi connectivity index (χ3v) is 4.88. The molecule has 1 aromatic rings. The van der Waals surface area contributed by atoms with Gasteiger partial charge in [0.1, 0.15) is 5.75 Å². The number of rotatable bonds is 3. The van der Waals surface area contributed by atoms with E-state index in [-0.39, 0.29) is 0 Å². The fourth-order valence-electron chi connectivity index (χ4n) is 3.82. The molecule has 0 aromatic heterocycles. The van der Waals surface area contributed by atoms with Crippen molar-refractivity contribution in [3.05, 3.63) is 29.3 Å². The highest BCUT2D eigenvalue weighted by Crippen LogP contribution is 2.39. The molecule has 0 bridgehead atoms. The van der Waals surface area contributed by atoms with Crippen molar-refractivity contribution in [2.75, 3.05) is 13.2 Å². The molecule has 1 aliphatic heterocycles. The van der Waals surface area contributed by atoms with Gasteiger partial charge in [-0.15, -0.1) is 0 Å². The molecule has 0 amide bonds. The lowest BCUT2D eigenvalue weighted by atomic mass is 9.72. The predicted molar refractivity (Wildman–Crippen MR) is 83.1 cm³/mol. The lowest BCUT2D eigenvalue weighted by molar-refractivity contribution is 0.129. The highest BCUT2D eigenvalue weighted by molar-refractivity contribution is 5.41. The van der Waals surface area contributed by atoms with Crippen LogP contribution in [-0.4, -0.2) is 13.2 Å². The number of fused-ring (bicyclic) bond motifs is 1. The van der Waals surface area contributed by atoms with E-state index in [1.54, 1.807) is 0 Å². The fourth-order valence-corrected chi connectivity index (χ4v) is 3.82. The van der Waals surface area contributed by atoms with Crippen molar-refractivity contribution in [2.24, 2.45) is 11.3 Å². The van der Waals surface area contributed by atoms with Gasteiger partial charge in [0.2, 0.25) is 0 Å². The Hall–Kier alpha value is -1.02. The van der Waals surface area contributed by atoms with Gasteiger partial charge in [0, 0.05) is 12.1 Å². The molecule has 1 aliphatic carbocycles. The van der Waals surface area contributed by atoms with Crippen LogP contribution in [0.5, 0.6) is 5.75 Å². The Morgan fingerprint density at radius 2 is 2.25 bits per heavy atom. The van der Waals surface area contributed by atoms with Crippen molar-refractivity contribution in [3.8, 4) is 5.75 Å². The first-order valence-corrected chi connectivity index (χ1v) is 8.08. The number of nitrogens with one attached hydrogen (secondary N) is 1. The topological polar surface area (TPSA) is 21.3 Å². The summed E-state index contributed by atoms with van der Waals surface area (Å²) in [6, 6.07) is 6.52. The van der Waals surface area contributed by atoms with Crippen LogP contribution in [0, 0.1) is 11.3 Å². The minimum atomic E-state index is 0.504. The van der Waals surface area contributed by atoms with Crippen LogP contribution in [0.2, 0.25) is 0 Å². The molecule has 0 spiro atoms. The van der Waals surface area contributed by atoms with Crippen molar-refractivity contribution >= 4 is 0 Å². The SMILES string of the molecule is CC1(C)CCCC(COc2cccc3c2CNCC3)C1. The molecule has 2 aliphatic rings. The molecule has 20 heavy (non-hydrogen) atoms. The average Bonchev–Trinajstić information content (AvgIpc) is 2.44. The maximum Gasteiger partial charge on any atom is 0.124 e. The van der Waals surface area contributed by atoms with Crippen LogP contribution in [0.25, 0.3) is 0 Å². The summed E-state index contributed by atoms with van der Waals surface area (Å²) in [4.78, 5) is 0. The second kappa shape index (κ2) is 5.77. The smallest absolute Gasteiger partial charge is 0.124 e. The Labute approximate surface area is 122 Å².